The second-order valence-electron chi connectivity index (χ2n) is 11.9. The molecule has 0 aliphatic carbocycles. The van der Waals surface area contributed by atoms with E-state index in [1.165, 1.54) is 30.3 Å². The average molecular weight is 687 g/mol. The van der Waals surface area contributed by atoms with Crippen molar-refractivity contribution in [3.63, 3.8) is 0 Å². The zero-order valence-corrected chi connectivity index (χ0v) is 26.4. The van der Waals surface area contributed by atoms with Gasteiger partial charge in [-0.2, -0.15) is 26.3 Å². The highest BCUT2D eigenvalue weighted by molar-refractivity contribution is 6.10. The Morgan fingerprint density at radius 1 is 0.412 bits per heavy atom. The molecular formula is C41H24F6N4. The third-order valence-electron chi connectivity index (χ3n) is 8.72. The molecule has 0 N–H and O–H groups in total. The van der Waals surface area contributed by atoms with E-state index in [4.69, 9.17) is 15.0 Å². The van der Waals surface area contributed by atoms with E-state index in [1.54, 1.807) is 41.0 Å². The first-order chi connectivity index (χ1) is 24.6. The Morgan fingerprint density at radius 2 is 0.961 bits per heavy atom. The number of halogens is 6. The molecule has 6 aromatic carbocycles. The van der Waals surface area contributed by atoms with Crippen molar-refractivity contribution in [3.05, 3.63) is 157 Å². The molecule has 0 saturated carbocycles. The van der Waals surface area contributed by atoms with Gasteiger partial charge in [-0.3, -0.25) is 0 Å². The summed E-state index contributed by atoms with van der Waals surface area (Å²) in [6.45, 7) is 0. The molecule has 0 radical (unpaired) electrons. The molecular weight excluding hydrogens is 662 g/mol. The van der Waals surface area contributed by atoms with Gasteiger partial charge in [-0.1, -0.05) is 115 Å². The summed E-state index contributed by atoms with van der Waals surface area (Å²) in [6, 6.07) is 39.0. The zero-order valence-electron chi connectivity index (χ0n) is 26.4. The van der Waals surface area contributed by atoms with Crippen molar-refractivity contribution in [1.29, 1.82) is 0 Å². The molecule has 2 aromatic heterocycles. The van der Waals surface area contributed by atoms with E-state index in [-0.39, 0.29) is 28.2 Å². The summed E-state index contributed by atoms with van der Waals surface area (Å²) in [5, 5.41) is 1.15. The standard InChI is InChI=1S/C41H24F6N4/c42-40(43,44)28-20-22-32-30-16-8-10-18-34(30)51(36(32)24-28)35-23-27(19-21-31(35)29-15-7-9-17-33(29)41(45,46)47)39-49-37(25-11-3-1-4-12-25)48-38(50-39)26-13-5-2-6-14-26/h1-24H. The Kier molecular flexibility index (Phi) is 7.67. The number of hydrogen-bond donors (Lipinski definition) is 0. The van der Waals surface area contributed by atoms with Gasteiger partial charge in [0.1, 0.15) is 0 Å². The van der Waals surface area contributed by atoms with Crippen LogP contribution < -0.4 is 0 Å². The maximum absolute atomic E-state index is 14.5. The topological polar surface area (TPSA) is 43.6 Å². The number of fused-ring (bicyclic) bond motifs is 3. The minimum Gasteiger partial charge on any atom is -0.309 e. The van der Waals surface area contributed by atoms with Gasteiger partial charge >= 0.3 is 12.4 Å². The lowest BCUT2D eigenvalue weighted by Crippen LogP contribution is -2.09. The van der Waals surface area contributed by atoms with Crippen LogP contribution in [-0.2, 0) is 12.4 Å². The summed E-state index contributed by atoms with van der Waals surface area (Å²) >= 11 is 0. The maximum atomic E-state index is 14.5. The Bertz CT molecular complexity index is 2500. The molecule has 0 spiro atoms. The van der Waals surface area contributed by atoms with Crippen LogP contribution in [0.2, 0.25) is 0 Å². The summed E-state index contributed by atoms with van der Waals surface area (Å²) in [5.74, 6) is 0.981. The van der Waals surface area contributed by atoms with Crippen LogP contribution in [0.5, 0.6) is 0 Å². The van der Waals surface area contributed by atoms with Crippen molar-refractivity contribution in [2.45, 2.75) is 12.4 Å². The fourth-order valence-corrected chi connectivity index (χ4v) is 6.39. The minimum absolute atomic E-state index is 0.130. The van der Waals surface area contributed by atoms with Gasteiger partial charge in [0.25, 0.3) is 0 Å². The molecule has 51 heavy (non-hydrogen) atoms. The molecule has 8 aromatic rings. The molecule has 4 nitrogen and oxygen atoms in total. The molecule has 250 valence electrons. The lowest BCUT2D eigenvalue weighted by atomic mass is 9.96. The fourth-order valence-electron chi connectivity index (χ4n) is 6.39. The SMILES string of the molecule is FC(F)(F)c1ccc2c3ccccc3n(-c3cc(-c4nc(-c5ccccc5)nc(-c5ccccc5)n4)ccc3-c3ccccc3C(F)(F)F)c2c1. The van der Waals surface area contributed by atoms with Crippen molar-refractivity contribution in [2.75, 3.05) is 0 Å². The van der Waals surface area contributed by atoms with Gasteiger partial charge in [-0.05, 0) is 35.9 Å². The van der Waals surface area contributed by atoms with E-state index in [2.05, 4.69) is 0 Å². The summed E-state index contributed by atoms with van der Waals surface area (Å²) in [7, 11) is 0. The number of alkyl halides is 6. The van der Waals surface area contributed by atoms with Crippen molar-refractivity contribution in [1.82, 2.24) is 19.5 Å². The number of benzene rings is 6. The summed E-state index contributed by atoms with van der Waals surface area (Å²) in [5.41, 5.74) is 1.04. The Morgan fingerprint density at radius 3 is 1.59 bits per heavy atom. The van der Waals surface area contributed by atoms with Gasteiger partial charge in [0, 0.05) is 33.0 Å². The lowest BCUT2D eigenvalue weighted by Gasteiger charge is -2.19. The lowest BCUT2D eigenvalue weighted by molar-refractivity contribution is -0.138. The van der Waals surface area contributed by atoms with Gasteiger partial charge < -0.3 is 4.57 Å². The predicted molar refractivity (Wildman–Crippen MR) is 186 cm³/mol. The Hall–Kier alpha value is -6.29. The van der Waals surface area contributed by atoms with Crippen LogP contribution >= 0.6 is 0 Å². The van der Waals surface area contributed by atoms with E-state index >= 15 is 0 Å². The van der Waals surface area contributed by atoms with Crippen molar-refractivity contribution >= 4 is 21.8 Å². The summed E-state index contributed by atoms with van der Waals surface area (Å²) in [6.07, 6.45) is -9.37. The van der Waals surface area contributed by atoms with E-state index in [9.17, 15) is 26.3 Å². The van der Waals surface area contributed by atoms with Crippen LogP contribution in [0, 0.1) is 0 Å². The third-order valence-corrected chi connectivity index (χ3v) is 8.72. The highest BCUT2D eigenvalue weighted by atomic mass is 19.4. The van der Waals surface area contributed by atoms with Gasteiger partial charge in [0.05, 0.1) is 27.8 Å². The van der Waals surface area contributed by atoms with Crippen LogP contribution in [0.15, 0.2) is 146 Å². The first-order valence-corrected chi connectivity index (χ1v) is 15.8. The molecule has 10 heteroatoms. The van der Waals surface area contributed by atoms with Crippen LogP contribution in [0.1, 0.15) is 11.1 Å². The fraction of sp³-hybridized carbons (Fsp3) is 0.0488. The van der Waals surface area contributed by atoms with Gasteiger partial charge in [0.15, 0.2) is 17.5 Å². The molecule has 0 bridgehead atoms. The van der Waals surface area contributed by atoms with E-state index in [0.29, 0.717) is 33.5 Å². The van der Waals surface area contributed by atoms with Crippen molar-refractivity contribution in [3.8, 4) is 51.0 Å². The molecule has 0 unspecified atom stereocenters. The molecule has 2 heterocycles. The van der Waals surface area contributed by atoms with E-state index in [0.717, 1.165) is 29.3 Å². The number of nitrogens with zero attached hydrogens (tertiary/aromatic N) is 4. The maximum Gasteiger partial charge on any atom is 0.417 e. The summed E-state index contributed by atoms with van der Waals surface area (Å²) < 4.78 is 87.4. The van der Waals surface area contributed by atoms with E-state index in [1.807, 2.05) is 60.7 Å². The zero-order chi connectivity index (χ0) is 35.3. The monoisotopic (exact) mass is 686 g/mol. The third kappa shape index (κ3) is 5.88. The second-order valence-corrected chi connectivity index (χ2v) is 11.9. The number of para-hydroxylation sites is 1. The van der Waals surface area contributed by atoms with Crippen LogP contribution in [-0.4, -0.2) is 19.5 Å². The van der Waals surface area contributed by atoms with Crippen LogP contribution in [0.3, 0.4) is 0 Å². The number of aromatic nitrogens is 4. The first-order valence-electron chi connectivity index (χ1n) is 15.8. The van der Waals surface area contributed by atoms with Gasteiger partial charge in [0.2, 0.25) is 0 Å². The minimum atomic E-state index is -4.71. The Balaban J connectivity index is 1.46. The highest BCUT2D eigenvalue weighted by Gasteiger charge is 2.35. The number of rotatable bonds is 5. The normalized spacial score (nSPS) is 12.1. The predicted octanol–water partition coefficient (Wildman–Crippen LogP) is 11.7. The summed E-state index contributed by atoms with van der Waals surface area (Å²) in [4.78, 5) is 14.3. The van der Waals surface area contributed by atoms with Crippen LogP contribution in [0.25, 0.3) is 72.8 Å². The molecule has 8 rings (SSSR count). The van der Waals surface area contributed by atoms with Crippen LogP contribution in [0.4, 0.5) is 26.3 Å². The molecule has 0 aliphatic heterocycles. The van der Waals surface area contributed by atoms with Crippen molar-refractivity contribution < 1.29 is 26.3 Å². The van der Waals surface area contributed by atoms with Crippen molar-refractivity contribution in [2.24, 2.45) is 0 Å². The quantitative estimate of drug-likeness (QED) is 0.169. The molecule has 0 fully saturated rings. The Labute approximate surface area is 287 Å². The van der Waals surface area contributed by atoms with Gasteiger partial charge in [-0.25, -0.2) is 15.0 Å². The highest BCUT2D eigenvalue weighted by Crippen LogP contribution is 2.43. The molecule has 0 atom stereocenters. The smallest absolute Gasteiger partial charge is 0.309 e. The second kappa shape index (κ2) is 12.2. The largest absolute Gasteiger partial charge is 0.417 e. The molecule has 0 saturated heterocycles. The van der Waals surface area contributed by atoms with E-state index < -0.39 is 23.5 Å². The first kappa shape index (κ1) is 31.9. The van der Waals surface area contributed by atoms with Gasteiger partial charge in [-0.15, -0.1) is 0 Å². The number of hydrogen-bond acceptors (Lipinski definition) is 3. The molecule has 0 aliphatic rings. The average Bonchev–Trinajstić information content (AvgIpc) is 3.48. The molecule has 0 amide bonds.